The highest BCUT2D eigenvalue weighted by atomic mass is 35.5. The second kappa shape index (κ2) is 7.59. The highest BCUT2D eigenvalue weighted by molar-refractivity contribution is 6.30. The Kier molecular flexibility index (Phi) is 5.19. The van der Waals surface area contributed by atoms with Crippen LogP contribution in [-0.4, -0.2) is 0 Å². The van der Waals surface area contributed by atoms with E-state index in [1.165, 1.54) is 49.8 Å². The summed E-state index contributed by atoms with van der Waals surface area (Å²) in [5.41, 5.74) is 2.20. The van der Waals surface area contributed by atoms with Crippen molar-refractivity contribution in [3.63, 3.8) is 0 Å². The standard InChI is InChI=1S/C24H23ClF2/c1-2-15-3-5-16(6-4-15)17-7-10-20-18(13-17)8-11-21(24(20)27)19-9-12-22(25)23(26)14-19/h7-16H,2-6H2,1H3/t15-,16-. The van der Waals surface area contributed by atoms with Crippen LogP contribution in [0.15, 0.2) is 48.5 Å². The number of rotatable bonds is 3. The molecule has 3 aromatic carbocycles. The summed E-state index contributed by atoms with van der Waals surface area (Å²) in [7, 11) is 0. The van der Waals surface area contributed by atoms with Crippen molar-refractivity contribution in [3.8, 4) is 11.1 Å². The van der Waals surface area contributed by atoms with Crippen LogP contribution in [0.2, 0.25) is 5.02 Å². The van der Waals surface area contributed by atoms with E-state index < -0.39 is 5.82 Å². The maximum absolute atomic E-state index is 15.1. The molecule has 0 atom stereocenters. The molecule has 0 nitrogen and oxygen atoms in total. The van der Waals surface area contributed by atoms with Gasteiger partial charge in [0, 0.05) is 10.9 Å². The Morgan fingerprint density at radius 3 is 2.41 bits per heavy atom. The van der Waals surface area contributed by atoms with Gasteiger partial charge in [-0.15, -0.1) is 0 Å². The minimum Gasteiger partial charge on any atom is -0.206 e. The first-order chi connectivity index (χ1) is 13.1. The molecular formula is C24H23ClF2. The average molecular weight is 385 g/mol. The third kappa shape index (κ3) is 3.60. The van der Waals surface area contributed by atoms with Gasteiger partial charge in [-0.1, -0.05) is 61.3 Å². The molecule has 4 rings (SSSR count). The molecule has 3 aromatic rings. The molecule has 0 radical (unpaired) electrons. The average Bonchev–Trinajstić information content (AvgIpc) is 2.70. The SMILES string of the molecule is CC[C@H]1CC[C@H](c2ccc3c(F)c(-c4ccc(Cl)c(F)c4)ccc3c2)CC1. The molecule has 3 heteroatoms. The summed E-state index contributed by atoms with van der Waals surface area (Å²) in [6.07, 6.45) is 6.27. The van der Waals surface area contributed by atoms with Crippen molar-refractivity contribution in [2.45, 2.75) is 44.9 Å². The third-order valence-electron chi connectivity index (χ3n) is 6.10. The maximum Gasteiger partial charge on any atom is 0.142 e. The summed E-state index contributed by atoms with van der Waals surface area (Å²) >= 11 is 5.74. The van der Waals surface area contributed by atoms with Gasteiger partial charge in [-0.2, -0.15) is 0 Å². The lowest BCUT2D eigenvalue weighted by Crippen LogP contribution is -2.12. The smallest absolute Gasteiger partial charge is 0.142 e. The van der Waals surface area contributed by atoms with Crippen molar-refractivity contribution in [3.05, 3.63) is 70.8 Å². The molecule has 0 aliphatic heterocycles. The van der Waals surface area contributed by atoms with E-state index in [4.69, 9.17) is 11.6 Å². The van der Waals surface area contributed by atoms with E-state index in [2.05, 4.69) is 19.1 Å². The molecular weight excluding hydrogens is 362 g/mol. The molecule has 0 amide bonds. The van der Waals surface area contributed by atoms with E-state index >= 15 is 4.39 Å². The summed E-state index contributed by atoms with van der Waals surface area (Å²) in [5.74, 6) is 0.592. The lowest BCUT2D eigenvalue weighted by molar-refractivity contribution is 0.319. The van der Waals surface area contributed by atoms with Gasteiger partial charge >= 0.3 is 0 Å². The zero-order valence-electron chi connectivity index (χ0n) is 15.4. The van der Waals surface area contributed by atoms with Crippen LogP contribution in [0, 0.1) is 17.6 Å². The second-order valence-corrected chi connectivity index (χ2v) is 8.07. The van der Waals surface area contributed by atoms with Crippen molar-refractivity contribution < 1.29 is 8.78 Å². The van der Waals surface area contributed by atoms with Crippen molar-refractivity contribution >= 4 is 22.4 Å². The van der Waals surface area contributed by atoms with Gasteiger partial charge in [-0.3, -0.25) is 0 Å². The first-order valence-electron chi connectivity index (χ1n) is 9.74. The van der Waals surface area contributed by atoms with Gasteiger partial charge < -0.3 is 0 Å². The van der Waals surface area contributed by atoms with Crippen LogP contribution >= 0.6 is 11.6 Å². The van der Waals surface area contributed by atoms with E-state index in [0.29, 0.717) is 22.4 Å². The van der Waals surface area contributed by atoms with Crippen LogP contribution < -0.4 is 0 Å². The molecule has 0 bridgehead atoms. The van der Waals surface area contributed by atoms with E-state index in [1.54, 1.807) is 12.1 Å². The molecule has 1 saturated carbocycles. The summed E-state index contributed by atoms with van der Waals surface area (Å²) in [5, 5.41) is 1.53. The molecule has 27 heavy (non-hydrogen) atoms. The van der Waals surface area contributed by atoms with Crippen LogP contribution in [0.25, 0.3) is 21.9 Å². The Morgan fingerprint density at radius 2 is 1.70 bits per heavy atom. The Morgan fingerprint density at radius 1 is 0.926 bits per heavy atom. The zero-order valence-corrected chi connectivity index (χ0v) is 16.2. The predicted molar refractivity (Wildman–Crippen MR) is 109 cm³/mol. The van der Waals surface area contributed by atoms with E-state index in [1.807, 2.05) is 12.1 Å². The third-order valence-corrected chi connectivity index (χ3v) is 6.41. The largest absolute Gasteiger partial charge is 0.206 e. The monoisotopic (exact) mass is 384 g/mol. The lowest BCUT2D eigenvalue weighted by atomic mass is 9.77. The van der Waals surface area contributed by atoms with E-state index in [-0.39, 0.29) is 10.8 Å². The molecule has 140 valence electrons. The fourth-order valence-electron chi connectivity index (χ4n) is 4.35. The quantitative estimate of drug-likeness (QED) is 0.427. The predicted octanol–water partition coefficient (Wildman–Crippen LogP) is 8.12. The maximum atomic E-state index is 15.1. The topological polar surface area (TPSA) is 0 Å². The zero-order chi connectivity index (χ0) is 19.0. The van der Waals surface area contributed by atoms with Crippen molar-refractivity contribution in [1.29, 1.82) is 0 Å². The van der Waals surface area contributed by atoms with Gasteiger partial charge in [0.15, 0.2) is 0 Å². The fourth-order valence-corrected chi connectivity index (χ4v) is 4.47. The first-order valence-corrected chi connectivity index (χ1v) is 10.1. The van der Waals surface area contributed by atoms with Crippen LogP contribution in [-0.2, 0) is 0 Å². The minimum atomic E-state index is -0.535. The van der Waals surface area contributed by atoms with Crippen LogP contribution in [0.4, 0.5) is 8.78 Å². The Balaban J connectivity index is 1.67. The fraction of sp³-hybridized carbons (Fsp3) is 0.333. The summed E-state index contributed by atoms with van der Waals surface area (Å²) in [4.78, 5) is 0. The number of hydrogen-bond acceptors (Lipinski definition) is 0. The summed E-state index contributed by atoms with van der Waals surface area (Å²) in [6, 6.07) is 14.1. The Labute approximate surface area is 164 Å². The highest BCUT2D eigenvalue weighted by Crippen LogP contribution is 2.38. The van der Waals surface area contributed by atoms with Crippen LogP contribution in [0.5, 0.6) is 0 Å². The highest BCUT2D eigenvalue weighted by Gasteiger charge is 2.22. The van der Waals surface area contributed by atoms with Crippen LogP contribution in [0.3, 0.4) is 0 Å². The van der Waals surface area contributed by atoms with Crippen molar-refractivity contribution in [2.75, 3.05) is 0 Å². The van der Waals surface area contributed by atoms with E-state index in [0.717, 1.165) is 11.3 Å². The van der Waals surface area contributed by atoms with Crippen molar-refractivity contribution in [2.24, 2.45) is 5.92 Å². The summed E-state index contributed by atoms with van der Waals surface area (Å²) < 4.78 is 28.9. The van der Waals surface area contributed by atoms with Gasteiger partial charge in [0.2, 0.25) is 0 Å². The molecule has 1 aliphatic carbocycles. The lowest BCUT2D eigenvalue weighted by Gasteiger charge is -2.28. The molecule has 1 aliphatic rings. The van der Waals surface area contributed by atoms with Gasteiger partial charge in [-0.05, 0) is 66.2 Å². The molecule has 0 saturated heterocycles. The van der Waals surface area contributed by atoms with Gasteiger partial charge in [0.25, 0.3) is 0 Å². The molecule has 0 unspecified atom stereocenters. The van der Waals surface area contributed by atoms with Crippen LogP contribution in [0.1, 0.15) is 50.5 Å². The first kappa shape index (κ1) is 18.4. The Bertz CT molecular complexity index is 972. The molecule has 0 aromatic heterocycles. The molecule has 1 fully saturated rings. The number of halogens is 3. The molecule has 0 spiro atoms. The van der Waals surface area contributed by atoms with E-state index in [9.17, 15) is 4.39 Å². The van der Waals surface area contributed by atoms with Crippen molar-refractivity contribution in [1.82, 2.24) is 0 Å². The molecule has 0 heterocycles. The number of benzene rings is 3. The number of fused-ring (bicyclic) bond motifs is 1. The minimum absolute atomic E-state index is 0.0439. The van der Waals surface area contributed by atoms with Gasteiger partial charge in [0.1, 0.15) is 11.6 Å². The second-order valence-electron chi connectivity index (χ2n) is 7.66. The van der Waals surface area contributed by atoms with Gasteiger partial charge in [-0.25, -0.2) is 8.78 Å². The molecule has 0 N–H and O–H groups in total. The number of hydrogen-bond donors (Lipinski definition) is 0. The Hall–Kier alpha value is -1.93. The summed E-state index contributed by atoms with van der Waals surface area (Å²) in [6.45, 7) is 2.27. The normalized spacial score (nSPS) is 20.1. The van der Waals surface area contributed by atoms with Gasteiger partial charge in [0.05, 0.1) is 5.02 Å².